The first-order valence-corrected chi connectivity index (χ1v) is 5.74. The molecule has 0 aliphatic carbocycles. The van der Waals surface area contributed by atoms with Gasteiger partial charge in [0.1, 0.15) is 0 Å². The zero-order valence-corrected chi connectivity index (χ0v) is 9.95. The van der Waals surface area contributed by atoms with Gasteiger partial charge in [0, 0.05) is 6.61 Å². The zero-order chi connectivity index (χ0) is 13.3. The maximum Gasteiger partial charge on any atom is 0.312 e. The molecule has 1 saturated heterocycles. The number of hydrogen-bond donors (Lipinski definition) is 1. The summed E-state index contributed by atoms with van der Waals surface area (Å²) in [5.41, 5.74) is -0.585. The van der Waals surface area contributed by atoms with E-state index in [4.69, 9.17) is 4.74 Å². The highest BCUT2D eigenvalue weighted by Crippen LogP contribution is 2.38. The fourth-order valence-electron chi connectivity index (χ4n) is 2.38. The molecule has 0 aromatic heterocycles. The first-order valence-electron chi connectivity index (χ1n) is 5.74. The molecule has 0 bridgehead atoms. The monoisotopic (exact) mass is 256 g/mol. The van der Waals surface area contributed by atoms with Gasteiger partial charge in [-0.25, -0.2) is 8.78 Å². The molecule has 0 saturated carbocycles. The predicted octanol–water partition coefficient (Wildman–Crippen LogP) is 2.39. The number of aliphatic carboxylic acids is 1. The molecule has 0 amide bonds. The van der Waals surface area contributed by atoms with Gasteiger partial charge in [0.25, 0.3) is 0 Å². The fraction of sp³-hybridized carbons (Fsp3) is 0.462. The van der Waals surface area contributed by atoms with Gasteiger partial charge in [-0.1, -0.05) is 6.07 Å². The lowest BCUT2D eigenvalue weighted by atomic mass is 9.76. The Morgan fingerprint density at radius 2 is 2.22 bits per heavy atom. The van der Waals surface area contributed by atoms with E-state index in [-0.39, 0.29) is 6.42 Å². The third kappa shape index (κ3) is 2.10. The van der Waals surface area contributed by atoms with Gasteiger partial charge in [-0.05, 0) is 37.5 Å². The molecule has 2 rings (SSSR count). The number of rotatable bonds is 3. The van der Waals surface area contributed by atoms with Crippen LogP contribution in [-0.4, -0.2) is 23.8 Å². The number of carbonyl (C=O) groups is 1. The summed E-state index contributed by atoms with van der Waals surface area (Å²) in [5.74, 6) is -2.85. The molecule has 1 aromatic rings. The molecule has 2 atom stereocenters. The van der Waals surface area contributed by atoms with Crippen LogP contribution >= 0.6 is 0 Å². The summed E-state index contributed by atoms with van der Waals surface area (Å²) < 4.78 is 31.3. The van der Waals surface area contributed by atoms with Gasteiger partial charge in [-0.2, -0.15) is 0 Å². The van der Waals surface area contributed by atoms with Crippen LogP contribution in [0.3, 0.4) is 0 Å². The summed E-state index contributed by atoms with van der Waals surface area (Å²) in [4.78, 5) is 11.4. The number of carboxylic acids is 1. The van der Waals surface area contributed by atoms with Gasteiger partial charge in [0.05, 0.1) is 11.5 Å². The maximum atomic E-state index is 13.1. The third-order valence-corrected chi connectivity index (χ3v) is 3.62. The minimum Gasteiger partial charge on any atom is -0.481 e. The largest absolute Gasteiger partial charge is 0.481 e. The summed E-state index contributed by atoms with van der Waals surface area (Å²) >= 11 is 0. The van der Waals surface area contributed by atoms with E-state index in [1.165, 1.54) is 6.07 Å². The quantitative estimate of drug-likeness (QED) is 0.903. The molecule has 1 aromatic carbocycles. The van der Waals surface area contributed by atoms with Crippen LogP contribution in [0.5, 0.6) is 0 Å². The van der Waals surface area contributed by atoms with Crippen molar-refractivity contribution in [1.29, 1.82) is 0 Å². The van der Waals surface area contributed by atoms with Gasteiger partial charge in [-0.3, -0.25) is 4.79 Å². The Labute approximate surface area is 103 Å². The Morgan fingerprint density at radius 3 is 2.72 bits per heavy atom. The number of hydrogen-bond acceptors (Lipinski definition) is 2. The molecular weight excluding hydrogens is 242 g/mol. The Hall–Kier alpha value is -1.49. The first-order chi connectivity index (χ1) is 8.45. The molecule has 1 heterocycles. The average Bonchev–Trinajstić information content (AvgIpc) is 2.67. The topological polar surface area (TPSA) is 46.5 Å². The first kappa shape index (κ1) is 13.0. The number of halogens is 2. The van der Waals surface area contributed by atoms with Crippen LogP contribution in [0.2, 0.25) is 0 Å². The van der Waals surface area contributed by atoms with Crippen molar-refractivity contribution in [2.24, 2.45) is 5.41 Å². The van der Waals surface area contributed by atoms with Crippen molar-refractivity contribution in [2.45, 2.75) is 25.9 Å². The Balaban J connectivity index is 2.29. The van der Waals surface area contributed by atoms with Crippen molar-refractivity contribution < 1.29 is 23.4 Å². The zero-order valence-electron chi connectivity index (χ0n) is 9.95. The van der Waals surface area contributed by atoms with E-state index in [0.717, 1.165) is 12.1 Å². The van der Waals surface area contributed by atoms with E-state index < -0.39 is 29.1 Å². The minimum atomic E-state index is -1.05. The number of ether oxygens (including phenoxy) is 1. The lowest BCUT2D eigenvalue weighted by Gasteiger charge is -2.27. The molecule has 1 fully saturated rings. The van der Waals surface area contributed by atoms with Crippen molar-refractivity contribution in [1.82, 2.24) is 0 Å². The number of carboxylic acid groups (broad SMARTS) is 1. The number of benzene rings is 1. The highest BCUT2D eigenvalue weighted by atomic mass is 19.2. The van der Waals surface area contributed by atoms with Crippen molar-refractivity contribution in [2.75, 3.05) is 6.61 Å². The van der Waals surface area contributed by atoms with E-state index >= 15 is 0 Å². The van der Waals surface area contributed by atoms with Gasteiger partial charge in [0.2, 0.25) is 0 Å². The van der Waals surface area contributed by atoms with Crippen LogP contribution < -0.4 is 0 Å². The van der Waals surface area contributed by atoms with Gasteiger partial charge < -0.3 is 9.84 Å². The third-order valence-electron chi connectivity index (χ3n) is 3.62. The van der Waals surface area contributed by atoms with Crippen LogP contribution in [-0.2, 0) is 16.0 Å². The molecule has 98 valence electrons. The van der Waals surface area contributed by atoms with Crippen LogP contribution in [0.25, 0.3) is 0 Å². The van der Waals surface area contributed by atoms with Gasteiger partial charge in [-0.15, -0.1) is 0 Å². The summed E-state index contributed by atoms with van der Waals surface area (Å²) in [5, 5.41) is 9.37. The second-order valence-electron chi connectivity index (χ2n) is 4.65. The van der Waals surface area contributed by atoms with E-state index in [1.807, 2.05) is 0 Å². The highest BCUT2D eigenvalue weighted by molar-refractivity contribution is 5.76. The molecular formula is C13H14F2O3. The highest BCUT2D eigenvalue weighted by Gasteiger charge is 2.48. The molecule has 1 aliphatic heterocycles. The van der Waals surface area contributed by atoms with Crippen molar-refractivity contribution in [3.63, 3.8) is 0 Å². The summed E-state index contributed by atoms with van der Waals surface area (Å²) in [7, 11) is 0. The Kier molecular flexibility index (Phi) is 3.34. The van der Waals surface area contributed by atoms with E-state index in [0.29, 0.717) is 18.6 Å². The second kappa shape index (κ2) is 4.65. The standard InChI is InChI=1S/C13H14F2O3/c1-8-13(12(16)17,4-5-18-8)7-9-2-3-10(14)11(15)6-9/h2-3,6,8H,4-5,7H2,1H3,(H,16,17). The molecule has 18 heavy (non-hydrogen) atoms. The lowest BCUT2D eigenvalue weighted by Crippen LogP contribution is -2.39. The average molecular weight is 256 g/mol. The molecule has 1 aliphatic rings. The molecule has 0 spiro atoms. The van der Waals surface area contributed by atoms with E-state index in [9.17, 15) is 18.7 Å². The van der Waals surface area contributed by atoms with Crippen LogP contribution in [0.15, 0.2) is 18.2 Å². The van der Waals surface area contributed by atoms with Crippen LogP contribution in [0, 0.1) is 17.0 Å². The van der Waals surface area contributed by atoms with Gasteiger partial charge in [0.15, 0.2) is 11.6 Å². The predicted molar refractivity (Wildman–Crippen MR) is 60.2 cm³/mol. The van der Waals surface area contributed by atoms with Gasteiger partial charge >= 0.3 is 5.97 Å². The SMILES string of the molecule is CC1OCCC1(Cc1ccc(F)c(F)c1)C(=O)O. The molecule has 1 N–H and O–H groups in total. The van der Waals surface area contributed by atoms with Crippen molar-refractivity contribution in [3.05, 3.63) is 35.4 Å². The molecule has 5 heteroatoms. The molecule has 2 unspecified atom stereocenters. The van der Waals surface area contributed by atoms with Crippen molar-refractivity contribution >= 4 is 5.97 Å². The Morgan fingerprint density at radius 1 is 1.50 bits per heavy atom. The van der Waals surface area contributed by atoms with E-state index in [2.05, 4.69) is 0 Å². The normalized spacial score (nSPS) is 27.4. The maximum absolute atomic E-state index is 13.1. The molecule has 0 radical (unpaired) electrons. The fourth-order valence-corrected chi connectivity index (χ4v) is 2.38. The van der Waals surface area contributed by atoms with Crippen LogP contribution in [0.4, 0.5) is 8.78 Å². The summed E-state index contributed by atoms with van der Waals surface area (Å²) in [6.45, 7) is 2.07. The van der Waals surface area contributed by atoms with Crippen LogP contribution in [0.1, 0.15) is 18.9 Å². The Bertz CT molecular complexity index is 475. The van der Waals surface area contributed by atoms with Crippen molar-refractivity contribution in [3.8, 4) is 0 Å². The smallest absolute Gasteiger partial charge is 0.312 e. The van der Waals surface area contributed by atoms with E-state index in [1.54, 1.807) is 6.92 Å². The molecule has 3 nitrogen and oxygen atoms in total. The summed E-state index contributed by atoms with van der Waals surface area (Å²) in [6.07, 6.45) is 0.0755. The lowest BCUT2D eigenvalue weighted by molar-refractivity contribution is -0.151. The second-order valence-corrected chi connectivity index (χ2v) is 4.65. The summed E-state index contributed by atoms with van der Waals surface area (Å²) in [6, 6.07) is 3.47. The minimum absolute atomic E-state index is 0.140.